The predicted molar refractivity (Wildman–Crippen MR) is 105 cm³/mol. The van der Waals surface area contributed by atoms with Crippen LogP contribution in [0.1, 0.15) is 11.1 Å². The normalized spacial score (nSPS) is 20.8. The topological polar surface area (TPSA) is 71.4 Å². The summed E-state index contributed by atoms with van der Waals surface area (Å²) >= 11 is 1.34. The smallest absolute Gasteiger partial charge is 0.265 e. The van der Waals surface area contributed by atoms with Crippen molar-refractivity contribution in [3.8, 4) is 0 Å². The van der Waals surface area contributed by atoms with Crippen LogP contribution in [0, 0.1) is 0 Å². The van der Waals surface area contributed by atoms with Crippen molar-refractivity contribution in [1.29, 1.82) is 0 Å². The number of para-hydroxylation sites is 1. The number of benzene rings is 1. The van der Waals surface area contributed by atoms with E-state index in [4.69, 9.17) is 9.57 Å². The van der Waals surface area contributed by atoms with E-state index >= 15 is 0 Å². The van der Waals surface area contributed by atoms with Gasteiger partial charge < -0.3 is 9.57 Å². The van der Waals surface area contributed by atoms with E-state index in [1.807, 2.05) is 23.6 Å². The molecule has 0 N–H and O–H groups in total. The molecule has 2 aliphatic heterocycles. The van der Waals surface area contributed by atoms with Gasteiger partial charge in [-0.2, -0.15) is 11.3 Å². The minimum Gasteiger partial charge on any atom is -0.394 e. The summed E-state index contributed by atoms with van der Waals surface area (Å²) in [7, 11) is -2.06. The Morgan fingerprint density at radius 2 is 1.96 bits per heavy atom. The molecule has 2 aliphatic rings. The van der Waals surface area contributed by atoms with Gasteiger partial charge in [-0.25, -0.2) is 8.42 Å². The Labute approximate surface area is 162 Å². The minimum atomic E-state index is -3.62. The number of fused-ring (bicyclic) bond motifs is 2. The lowest BCUT2D eigenvalue weighted by molar-refractivity contribution is 0.0212. The highest BCUT2D eigenvalue weighted by Gasteiger charge is 2.34. The number of oxime groups is 1. The second-order valence-corrected chi connectivity index (χ2v) is 9.05. The maximum atomic E-state index is 12.9. The highest BCUT2D eigenvalue weighted by molar-refractivity contribution is 7.93. The zero-order chi connectivity index (χ0) is 18.9. The van der Waals surface area contributed by atoms with Gasteiger partial charge in [0, 0.05) is 48.6 Å². The molecule has 1 aromatic carbocycles. The average Bonchev–Trinajstić information content (AvgIpc) is 3.16. The molecule has 1 fully saturated rings. The number of sulfonamides is 1. The Bertz CT molecular complexity index is 949. The fourth-order valence-corrected chi connectivity index (χ4v) is 5.80. The van der Waals surface area contributed by atoms with Gasteiger partial charge in [-0.15, -0.1) is 0 Å². The molecular formula is C18H21N3O4S2. The maximum Gasteiger partial charge on any atom is 0.265 e. The van der Waals surface area contributed by atoms with Gasteiger partial charge in [0.15, 0.2) is 0 Å². The third-order valence-electron chi connectivity index (χ3n) is 4.78. The van der Waals surface area contributed by atoms with E-state index in [0.717, 1.165) is 38.4 Å². The summed E-state index contributed by atoms with van der Waals surface area (Å²) in [5.41, 5.74) is 2.47. The minimum absolute atomic E-state index is 0.265. The third-order valence-corrected chi connectivity index (χ3v) is 7.48. The molecule has 144 valence electrons. The summed E-state index contributed by atoms with van der Waals surface area (Å²) in [4.78, 5) is 8.14. The van der Waals surface area contributed by atoms with Crippen molar-refractivity contribution < 1.29 is 18.0 Å². The first-order valence-electron chi connectivity index (χ1n) is 8.74. The summed E-state index contributed by atoms with van der Waals surface area (Å²) in [5, 5.41) is 7.82. The molecule has 0 bridgehead atoms. The zero-order valence-electron chi connectivity index (χ0n) is 15.0. The molecule has 4 rings (SSSR count). The van der Waals surface area contributed by atoms with Crippen molar-refractivity contribution in [3.63, 3.8) is 0 Å². The molecule has 3 heterocycles. The number of hydrogen-bond acceptors (Lipinski definition) is 7. The molecule has 1 aromatic heterocycles. The van der Waals surface area contributed by atoms with Crippen LogP contribution >= 0.6 is 11.3 Å². The van der Waals surface area contributed by atoms with Gasteiger partial charge >= 0.3 is 0 Å². The van der Waals surface area contributed by atoms with Gasteiger partial charge in [0.25, 0.3) is 10.0 Å². The van der Waals surface area contributed by atoms with E-state index in [-0.39, 0.29) is 4.90 Å². The average molecular weight is 408 g/mol. The lowest BCUT2D eigenvalue weighted by atomic mass is 10.0. The highest BCUT2D eigenvalue weighted by atomic mass is 32.2. The molecule has 27 heavy (non-hydrogen) atoms. The van der Waals surface area contributed by atoms with Crippen molar-refractivity contribution >= 4 is 32.8 Å². The number of thiophene rings is 1. The van der Waals surface area contributed by atoms with E-state index in [2.05, 4.69) is 10.1 Å². The van der Waals surface area contributed by atoms with Gasteiger partial charge in [0.05, 0.1) is 18.9 Å². The second kappa shape index (κ2) is 7.59. The van der Waals surface area contributed by atoms with Crippen LogP contribution in [-0.4, -0.2) is 65.5 Å². The molecule has 1 saturated heterocycles. The lowest BCUT2D eigenvalue weighted by Crippen LogP contribution is -2.38. The molecule has 9 heteroatoms. The molecule has 0 amide bonds. The number of hydrogen-bond donors (Lipinski definition) is 0. The maximum absolute atomic E-state index is 12.9. The van der Waals surface area contributed by atoms with Crippen molar-refractivity contribution in [2.45, 2.75) is 4.90 Å². The molecule has 0 spiro atoms. The van der Waals surface area contributed by atoms with Gasteiger partial charge in [0.2, 0.25) is 0 Å². The summed E-state index contributed by atoms with van der Waals surface area (Å²) in [6.45, 7) is 4.46. The first kappa shape index (κ1) is 18.4. The Hall–Kier alpha value is -1.94. The SMILES string of the molecule is CN1c2ccccc2/C(=N\OCCN2CCOCC2)c2cscc2S1(=O)=O. The van der Waals surface area contributed by atoms with Crippen LogP contribution in [0.15, 0.2) is 45.1 Å². The third kappa shape index (κ3) is 3.47. The molecule has 0 atom stereocenters. The summed E-state index contributed by atoms with van der Waals surface area (Å²) < 4.78 is 32.5. The first-order valence-corrected chi connectivity index (χ1v) is 11.1. The molecule has 0 radical (unpaired) electrons. The standard InChI is InChI=1S/C18H21N3O4S2/c1-20-16-5-3-2-4-14(16)18(15-12-26-13-17(15)27(20,22)23)19-25-11-8-21-6-9-24-10-7-21/h2-5,12-13H,6-11H2,1H3/b19-18+. The van der Waals surface area contributed by atoms with E-state index in [1.54, 1.807) is 18.5 Å². The molecular weight excluding hydrogens is 386 g/mol. The highest BCUT2D eigenvalue weighted by Crippen LogP contribution is 2.36. The van der Waals surface area contributed by atoms with Crippen LogP contribution in [0.4, 0.5) is 5.69 Å². The van der Waals surface area contributed by atoms with E-state index in [9.17, 15) is 8.42 Å². The van der Waals surface area contributed by atoms with Crippen LogP contribution < -0.4 is 4.31 Å². The Balaban J connectivity index is 1.65. The Morgan fingerprint density at radius 1 is 1.19 bits per heavy atom. The van der Waals surface area contributed by atoms with Gasteiger partial charge in [0.1, 0.15) is 17.2 Å². The van der Waals surface area contributed by atoms with Crippen molar-refractivity contribution in [3.05, 3.63) is 46.2 Å². The molecule has 0 saturated carbocycles. The fraction of sp³-hybridized carbons (Fsp3) is 0.389. The predicted octanol–water partition coefficient (Wildman–Crippen LogP) is 1.99. The Kier molecular flexibility index (Phi) is 5.18. The van der Waals surface area contributed by atoms with Crippen molar-refractivity contribution in [2.24, 2.45) is 5.16 Å². The van der Waals surface area contributed by atoms with E-state index in [0.29, 0.717) is 23.6 Å². The zero-order valence-corrected chi connectivity index (χ0v) is 16.6. The van der Waals surface area contributed by atoms with Crippen LogP contribution in [0.3, 0.4) is 0 Å². The molecule has 7 nitrogen and oxygen atoms in total. The largest absolute Gasteiger partial charge is 0.394 e. The first-order chi connectivity index (χ1) is 13.1. The number of ether oxygens (including phenoxy) is 1. The fourth-order valence-electron chi connectivity index (χ4n) is 3.23. The van der Waals surface area contributed by atoms with Gasteiger partial charge in [-0.1, -0.05) is 23.4 Å². The van der Waals surface area contributed by atoms with Crippen LogP contribution in [-0.2, 0) is 19.6 Å². The van der Waals surface area contributed by atoms with E-state index in [1.165, 1.54) is 15.6 Å². The summed E-state index contributed by atoms with van der Waals surface area (Å²) in [6, 6.07) is 7.35. The van der Waals surface area contributed by atoms with Crippen molar-refractivity contribution in [1.82, 2.24) is 4.90 Å². The number of nitrogens with zero attached hydrogens (tertiary/aromatic N) is 3. The Morgan fingerprint density at radius 3 is 2.78 bits per heavy atom. The van der Waals surface area contributed by atoms with E-state index < -0.39 is 10.0 Å². The summed E-state index contributed by atoms with van der Waals surface area (Å²) in [6.07, 6.45) is 0. The van der Waals surface area contributed by atoms with Crippen LogP contribution in [0.2, 0.25) is 0 Å². The monoisotopic (exact) mass is 407 g/mol. The number of morpholine rings is 1. The molecule has 2 aromatic rings. The quantitative estimate of drug-likeness (QED) is 0.573. The summed E-state index contributed by atoms with van der Waals surface area (Å²) in [5.74, 6) is 0. The number of rotatable bonds is 4. The van der Waals surface area contributed by atoms with Crippen LogP contribution in [0.5, 0.6) is 0 Å². The van der Waals surface area contributed by atoms with Gasteiger partial charge in [-0.3, -0.25) is 9.21 Å². The lowest BCUT2D eigenvalue weighted by Gasteiger charge is -2.25. The number of anilines is 1. The molecule has 0 unspecified atom stereocenters. The van der Waals surface area contributed by atoms with Crippen molar-refractivity contribution in [2.75, 3.05) is 50.8 Å². The second-order valence-electron chi connectivity index (χ2n) is 6.37. The van der Waals surface area contributed by atoms with Crippen LogP contribution in [0.25, 0.3) is 0 Å². The van der Waals surface area contributed by atoms with Gasteiger partial charge in [-0.05, 0) is 6.07 Å². The molecule has 0 aliphatic carbocycles.